The minimum atomic E-state index is -3.05. The quantitative estimate of drug-likeness (QED) is 0.706. The molecule has 0 aliphatic carbocycles. The average molecular weight is 236 g/mol. The van der Waals surface area contributed by atoms with Gasteiger partial charge in [0.25, 0.3) is 0 Å². The third-order valence-electron chi connectivity index (χ3n) is 3.02. The Bertz CT molecular complexity index is 294. The van der Waals surface area contributed by atoms with E-state index in [1.807, 2.05) is 6.92 Å². The Hall–Kier alpha value is -0.170. The van der Waals surface area contributed by atoms with E-state index in [2.05, 4.69) is 4.90 Å². The maximum atomic E-state index is 11.3. The van der Waals surface area contributed by atoms with Crippen LogP contribution >= 0.6 is 0 Å². The van der Waals surface area contributed by atoms with Crippen LogP contribution in [0.2, 0.25) is 0 Å². The summed E-state index contributed by atoms with van der Waals surface area (Å²) in [6.45, 7) is 6.15. The third-order valence-corrected chi connectivity index (χ3v) is 4.32. The molecule has 0 aromatic rings. The Kier molecular flexibility index (Phi) is 4.11. The number of nitrogens with zero attached hydrogens (tertiary/aromatic N) is 2. The van der Waals surface area contributed by atoms with E-state index in [1.165, 1.54) is 10.6 Å². The summed E-state index contributed by atoms with van der Waals surface area (Å²) in [7, 11) is -3.05. The van der Waals surface area contributed by atoms with Crippen molar-refractivity contribution in [2.45, 2.75) is 26.0 Å². The monoisotopic (exact) mass is 236 g/mol. The zero-order valence-electron chi connectivity index (χ0n) is 9.55. The molecule has 0 aromatic carbocycles. The second-order valence-electron chi connectivity index (χ2n) is 4.18. The second kappa shape index (κ2) is 4.78. The van der Waals surface area contributed by atoms with Crippen molar-refractivity contribution >= 4 is 10.0 Å². The van der Waals surface area contributed by atoms with Crippen molar-refractivity contribution < 1.29 is 13.5 Å². The van der Waals surface area contributed by atoms with Crippen molar-refractivity contribution in [1.82, 2.24) is 9.21 Å². The molecule has 0 spiro atoms. The highest BCUT2D eigenvalue weighted by atomic mass is 32.2. The van der Waals surface area contributed by atoms with Gasteiger partial charge >= 0.3 is 0 Å². The van der Waals surface area contributed by atoms with Crippen LogP contribution in [0.25, 0.3) is 0 Å². The van der Waals surface area contributed by atoms with Gasteiger partial charge in [-0.05, 0) is 13.8 Å². The van der Waals surface area contributed by atoms with Gasteiger partial charge in [0.05, 0.1) is 12.4 Å². The Morgan fingerprint density at radius 2 is 1.60 bits per heavy atom. The van der Waals surface area contributed by atoms with Gasteiger partial charge in [0.2, 0.25) is 10.0 Å². The summed E-state index contributed by atoms with van der Waals surface area (Å²) in [5, 5.41) is 9.43. The van der Waals surface area contributed by atoms with Crippen LogP contribution < -0.4 is 0 Å². The highest BCUT2D eigenvalue weighted by Crippen LogP contribution is 2.11. The number of aliphatic hydroxyl groups excluding tert-OH is 1. The molecule has 2 atom stereocenters. The van der Waals surface area contributed by atoms with E-state index in [9.17, 15) is 13.5 Å². The van der Waals surface area contributed by atoms with E-state index in [4.69, 9.17) is 0 Å². The summed E-state index contributed by atoms with van der Waals surface area (Å²) < 4.78 is 24.0. The summed E-state index contributed by atoms with van der Waals surface area (Å²) >= 11 is 0. The zero-order valence-corrected chi connectivity index (χ0v) is 10.4. The number of hydrogen-bond acceptors (Lipinski definition) is 4. The molecule has 0 aromatic heterocycles. The fourth-order valence-electron chi connectivity index (χ4n) is 1.75. The molecule has 0 radical (unpaired) electrons. The molecule has 0 bridgehead atoms. The number of piperazine rings is 1. The second-order valence-corrected chi connectivity index (χ2v) is 6.16. The van der Waals surface area contributed by atoms with E-state index in [1.54, 1.807) is 6.92 Å². The molecule has 2 unspecified atom stereocenters. The molecule has 1 aliphatic rings. The van der Waals surface area contributed by atoms with Crippen molar-refractivity contribution in [3.8, 4) is 0 Å². The molecule has 0 saturated carbocycles. The molecule has 1 heterocycles. The summed E-state index contributed by atoms with van der Waals surface area (Å²) in [6, 6.07) is 0.0895. The van der Waals surface area contributed by atoms with Gasteiger partial charge in [0.15, 0.2) is 0 Å². The largest absolute Gasteiger partial charge is 0.392 e. The predicted octanol–water partition coefficient (Wildman–Crippen LogP) is -0.667. The molecule has 1 saturated heterocycles. The molecule has 6 heteroatoms. The normalized spacial score (nSPS) is 25.1. The third kappa shape index (κ3) is 3.41. The van der Waals surface area contributed by atoms with Gasteiger partial charge in [-0.1, -0.05) is 0 Å². The Balaban J connectivity index is 2.50. The van der Waals surface area contributed by atoms with Gasteiger partial charge in [-0.3, -0.25) is 4.90 Å². The molecular weight excluding hydrogens is 216 g/mol. The maximum absolute atomic E-state index is 11.3. The van der Waals surface area contributed by atoms with Crippen LogP contribution in [-0.4, -0.2) is 67.3 Å². The molecular formula is C9H20N2O3S. The predicted molar refractivity (Wildman–Crippen MR) is 59.1 cm³/mol. The molecule has 15 heavy (non-hydrogen) atoms. The van der Waals surface area contributed by atoms with Crippen molar-refractivity contribution in [3.63, 3.8) is 0 Å². The van der Waals surface area contributed by atoms with Crippen molar-refractivity contribution in [3.05, 3.63) is 0 Å². The lowest BCUT2D eigenvalue weighted by Crippen LogP contribution is -2.53. The highest BCUT2D eigenvalue weighted by molar-refractivity contribution is 7.88. The minimum absolute atomic E-state index is 0.0895. The van der Waals surface area contributed by atoms with Gasteiger partial charge in [-0.25, -0.2) is 8.42 Å². The van der Waals surface area contributed by atoms with Crippen LogP contribution in [0.3, 0.4) is 0 Å². The van der Waals surface area contributed by atoms with Crippen LogP contribution in [0.1, 0.15) is 13.8 Å². The fraction of sp³-hybridized carbons (Fsp3) is 1.00. The summed E-state index contributed by atoms with van der Waals surface area (Å²) in [6.07, 6.45) is 0.857. The van der Waals surface area contributed by atoms with Crippen molar-refractivity contribution in [2.75, 3.05) is 32.4 Å². The Morgan fingerprint density at radius 3 is 1.93 bits per heavy atom. The van der Waals surface area contributed by atoms with E-state index in [-0.39, 0.29) is 12.1 Å². The van der Waals surface area contributed by atoms with E-state index in [0.717, 1.165) is 0 Å². The van der Waals surface area contributed by atoms with Gasteiger partial charge < -0.3 is 5.11 Å². The smallest absolute Gasteiger partial charge is 0.211 e. The first kappa shape index (κ1) is 12.9. The lowest BCUT2D eigenvalue weighted by Gasteiger charge is -2.37. The first-order valence-electron chi connectivity index (χ1n) is 5.19. The average Bonchev–Trinajstić information content (AvgIpc) is 2.15. The van der Waals surface area contributed by atoms with Gasteiger partial charge in [-0.15, -0.1) is 0 Å². The standard InChI is InChI=1S/C9H20N2O3S/c1-8(9(2)12)10-4-6-11(7-5-10)15(3,13)14/h8-9,12H,4-7H2,1-3H3. The van der Waals surface area contributed by atoms with E-state index < -0.39 is 10.0 Å². The van der Waals surface area contributed by atoms with Crippen LogP contribution in [-0.2, 0) is 10.0 Å². The number of aliphatic hydroxyl groups is 1. The summed E-state index contributed by atoms with van der Waals surface area (Å²) in [4.78, 5) is 2.12. The van der Waals surface area contributed by atoms with Gasteiger partial charge in [0.1, 0.15) is 0 Å². The molecule has 1 fully saturated rings. The van der Waals surface area contributed by atoms with E-state index in [0.29, 0.717) is 26.2 Å². The molecule has 0 amide bonds. The van der Waals surface area contributed by atoms with Crippen LogP contribution in [0.5, 0.6) is 0 Å². The van der Waals surface area contributed by atoms with Gasteiger partial charge in [-0.2, -0.15) is 4.31 Å². The Labute approximate surface area is 91.7 Å². The number of sulfonamides is 1. The van der Waals surface area contributed by atoms with Crippen molar-refractivity contribution in [2.24, 2.45) is 0 Å². The molecule has 90 valence electrons. The van der Waals surface area contributed by atoms with Crippen LogP contribution in [0, 0.1) is 0 Å². The topological polar surface area (TPSA) is 60.9 Å². The number of hydrogen-bond donors (Lipinski definition) is 1. The number of rotatable bonds is 3. The minimum Gasteiger partial charge on any atom is -0.392 e. The first-order valence-corrected chi connectivity index (χ1v) is 7.04. The fourth-order valence-corrected chi connectivity index (χ4v) is 2.57. The van der Waals surface area contributed by atoms with Gasteiger partial charge in [0, 0.05) is 32.2 Å². The van der Waals surface area contributed by atoms with Crippen LogP contribution in [0.15, 0.2) is 0 Å². The van der Waals surface area contributed by atoms with Crippen molar-refractivity contribution in [1.29, 1.82) is 0 Å². The first-order chi connectivity index (χ1) is 6.82. The van der Waals surface area contributed by atoms with E-state index >= 15 is 0 Å². The zero-order chi connectivity index (χ0) is 11.6. The molecule has 1 rings (SSSR count). The maximum Gasteiger partial charge on any atom is 0.211 e. The Morgan fingerprint density at radius 1 is 1.13 bits per heavy atom. The molecule has 1 N–H and O–H groups in total. The highest BCUT2D eigenvalue weighted by Gasteiger charge is 2.27. The SMILES string of the molecule is CC(O)C(C)N1CCN(S(C)(=O)=O)CC1. The molecule has 1 aliphatic heterocycles. The summed E-state index contributed by atoms with van der Waals surface area (Å²) in [5.74, 6) is 0. The van der Waals surface area contributed by atoms with Crippen LogP contribution in [0.4, 0.5) is 0 Å². The lowest BCUT2D eigenvalue weighted by molar-refractivity contribution is 0.0513. The summed E-state index contributed by atoms with van der Waals surface area (Å²) in [5.41, 5.74) is 0. The molecule has 5 nitrogen and oxygen atoms in total. The lowest BCUT2D eigenvalue weighted by atomic mass is 10.1.